The Morgan fingerprint density at radius 1 is 0.362 bits per heavy atom. The molecule has 0 amide bonds. The van der Waals surface area contributed by atoms with Gasteiger partial charge >= 0.3 is 0 Å². The third-order valence-electron chi connectivity index (χ3n) is 9.80. The van der Waals surface area contributed by atoms with E-state index in [1.807, 2.05) is 24.4 Å². The van der Waals surface area contributed by atoms with Gasteiger partial charge in [0.15, 0.2) is 0 Å². The third kappa shape index (κ3) is 4.02. The zero-order valence-electron chi connectivity index (χ0n) is 25.6. The predicted molar refractivity (Wildman–Crippen MR) is 199 cm³/mol. The maximum Gasteiger partial charge on any atom is 0.137 e. The summed E-state index contributed by atoms with van der Waals surface area (Å²) in [6.07, 6.45) is 4.12. The van der Waals surface area contributed by atoms with E-state index < -0.39 is 0 Å². The van der Waals surface area contributed by atoms with Gasteiger partial charge in [0.1, 0.15) is 5.65 Å². The summed E-state index contributed by atoms with van der Waals surface area (Å²) in [7, 11) is 0. The lowest BCUT2D eigenvalue weighted by Gasteiger charge is -2.16. The van der Waals surface area contributed by atoms with Gasteiger partial charge < -0.3 is 4.40 Å². The van der Waals surface area contributed by atoms with E-state index in [-0.39, 0.29) is 0 Å². The Labute approximate surface area is 271 Å². The van der Waals surface area contributed by atoms with Crippen molar-refractivity contribution in [2.45, 2.75) is 0 Å². The fourth-order valence-electron chi connectivity index (χ4n) is 7.60. The molecule has 0 atom stereocenters. The van der Waals surface area contributed by atoms with Gasteiger partial charge in [-0.3, -0.25) is 0 Å². The normalized spacial score (nSPS) is 11.8. The lowest BCUT2D eigenvalue weighted by molar-refractivity contribution is 1.19. The standard InChI is InChI=1S/C45H28N2/c1-2-11-38-36(10-1)37-13-5-8-33-25-26-34-9-6-14-39(44(34)43(33)37)40-15-7-12-35(45(38)40)31-21-17-29(18-22-31)30-19-23-32(24-20-30)41-28-47-27-4-3-16-42(47)46-41/h1-28H. The average molecular weight is 597 g/mol. The molecular formula is C45H28N2. The molecule has 8 aromatic carbocycles. The number of rotatable bonds is 3. The molecule has 0 fully saturated rings. The van der Waals surface area contributed by atoms with Gasteiger partial charge in [-0.05, 0) is 88.2 Å². The van der Waals surface area contributed by atoms with Gasteiger partial charge in [0.2, 0.25) is 0 Å². The average Bonchev–Trinajstić information content (AvgIpc) is 3.58. The highest BCUT2D eigenvalue weighted by Gasteiger charge is 2.15. The molecule has 2 heterocycles. The molecule has 10 aromatic rings. The molecular weight excluding hydrogens is 569 g/mol. The maximum atomic E-state index is 4.79. The number of benzene rings is 7. The molecule has 2 nitrogen and oxygen atoms in total. The van der Waals surface area contributed by atoms with Gasteiger partial charge in [-0.2, -0.15) is 0 Å². The quantitative estimate of drug-likeness (QED) is 0.185. The van der Waals surface area contributed by atoms with E-state index in [9.17, 15) is 0 Å². The van der Waals surface area contributed by atoms with Crippen molar-refractivity contribution in [2.75, 3.05) is 0 Å². The molecule has 218 valence electrons. The van der Waals surface area contributed by atoms with Crippen LogP contribution in [0.3, 0.4) is 0 Å². The van der Waals surface area contributed by atoms with E-state index in [1.54, 1.807) is 0 Å². The first-order valence-corrected chi connectivity index (χ1v) is 16.1. The zero-order chi connectivity index (χ0) is 30.9. The number of imidazole rings is 1. The molecule has 0 aliphatic heterocycles. The van der Waals surface area contributed by atoms with E-state index in [0.717, 1.165) is 16.9 Å². The molecule has 0 saturated carbocycles. The molecule has 0 radical (unpaired) electrons. The first-order valence-electron chi connectivity index (χ1n) is 16.1. The van der Waals surface area contributed by atoms with Crippen molar-refractivity contribution >= 4 is 59.5 Å². The molecule has 2 heteroatoms. The topological polar surface area (TPSA) is 17.3 Å². The second-order valence-corrected chi connectivity index (χ2v) is 12.4. The van der Waals surface area contributed by atoms with Crippen molar-refractivity contribution in [3.63, 3.8) is 0 Å². The van der Waals surface area contributed by atoms with Crippen molar-refractivity contribution in [1.82, 2.24) is 9.38 Å². The van der Waals surface area contributed by atoms with Crippen LogP contribution in [0.25, 0.3) is 93.0 Å². The van der Waals surface area contributed by atoms with Crippen LogP contribution in [0, 0.1) is 0 Å². The van der Waals surface area contributed by atoms with Crippen LogP contribution in [-0.4, -0.2) is 9.38 Å². The summed E-state index contributed by atoms with van der Waals surface area (Å²) in [5, 5.41) is 12.9. The Balaban J connectivity index is 1.16. The van der Waals surface area contributed by atoms with Crippen LogP contribution in [0.5, 0.6) is 0 Å². The van der Waals surface area contributed by atoms with E-state index in [4.69, 9.17) is 4.98 Å². The van der Waals surface area contributed by atoms with Gasteiger partial charge in [0.05, 0.1) is 5.69 Å². The number of aromatic nitrogens is 2. The highest BCUT2D eigenvalue weighted by atomic mass is 15.0. The lowest BCUT2D eigenvalue weighted by Crippen LogP contribution is -1.88. The summed E-state index contributed by atoms with van der Waals surface area (Å²) < 4.78 is 2.06. The minimum absolute atomic E-state index is 0.956. The summed E-state index contributed by atoms with van der Waals surface area (Å²) in [6.45, 7) is 0. The highest BCUT2D eigenvalue weighted by Crippen LogP contribution is 2.42. The molecule has 0 unspecified atom stereocenters. The number of fused-ring (bicyclic) bond motifs is 6. The smallest absolute Gasteiger partial charge is 0.137 e. The lowest BCUT2D eigenvalue weighted by atomic mass is 9.88. The van der Waals surface area contributed by atoms with Gasteiger partial charge in [-0.1, -0.05) is 146 Å². The number of nitrogens with zero attached hydrogens (tertiary/aromatic N) is 2. The van der Waals surface area contributed by atoms with Crippen LogP contribution < -0.4 is 0 Å². The highest BCUT2D eigenvalue weighted by molar-refractivity contribution is 6.34. The fourth-order valence-corrected chi connectivity index (χ4v) is 7.60. The molecule has 47 heavy (non-hydrogen) atoms. The van der Waals surface area contributed by atoms with E-state index in [0.29, 0.717) is 0 Å². The van der Waals surface area contributed by atoms with Crippen molar-refractivity contribution in [2.24, 2.45) is 0 Å². The van der Waals surface area contributed by atoms with Crippen LogP contribution in [0.2, 0.25) is 0 Å². The Bertz CT molecular complexity index is 2790. The first-order chi connectivity index (χ1) is 23.3. The van der Waals surface area contributed by atoms with E-state index >= 15 is 0 Å². The minimum Gasteiger partial charge on any atom is -0.306 e. The second-order valence-electron chi connectivity index (χ2n) is 12.4. The Kier molecular flexibility index (Phi) is 5.61. The molecule has 0 N–H and O–H groups in total. The summed E-state index contributed by atoms with van der Waals surface area (Å²) in [4.78, 5) is 4.79. The molecule has 0 spiro atoms. The number of hydrogen-bond donors (Lipinski definition) is 0. The number of pyridine rings is 1. The maximum absolute atomic E-state index is 4.79. The molecule has 10 rings (SSSR count). The molecule has 0 aliphatic rings. The van der Waals surface area contributed by atoms with Crippen molar-refractivity contribution in [3.8, 4) is 33.5 Å². The van der Waals surface area contributed by atoms with Crippen molar-refractivity contribution in [1.29, 1.82) is 0 Å². The van der Waals surface area contributed by atoms with Gasteiger partial charge in [0, 0.05) is 18.0 Å². The summed E-state index contributed by atoms with van der Waals surface area (Å²) in [6, 6.07) is 57.6. The Morgan fingerprint density at radius 2 is 0.872 bits per heavy atom. The van der Waals surface area contributed by atoms with Crippen LogP contribution in [0.15, 0.2) is 170 Å². The molecule has 0 bridgehead atoms. The van der Waals surface area contributed by atoms with Gasteiger partial charge in [-0.25, -0.2) is 4.98 Å². The SMILES string of the molecule is c1ccc2c(c1)c1cccc3ccc4cccc(c5cccc(-c6ccc(-c7ccc(-c8cn9ccccc9n8)cc7)cc6)c25)c4c31. The first kappa shape index (κ1) is 26.0. The monoisotopic (exact) mass is 596 g/mol. The summed E-state index contributed by atoms with van der Waals surface area (Å²) in [5.41, 5.74) is 7.89. The Morgan fingerprint density at radius 3 is 1.55 bits per heavy atom. The zero-order valence-corrected chi connectivity index (χ0v) is 25.6. The van der Waals surface area contributed by atoms with Crippen LogP contribution in [-0.2, 0) is 0 Å². The second kappa shape index (κ2) is 10.1. The van der Waals surface area contributed by atoms with Crippen molar-refractivity contribution < 1.29 is 0 Å². The van der Waals surface area contributed by atoms with Gasteiger partial charge in [-0.15, -0.1) is 0 Å². The molecule has 2 aromatic heterocycles. The van der Waals surface area contributed by atoms with Crippen LogP contribution in [0.1, 0.15) is 0 Å². The minimum atomic E-state index is 0.956. The van der Waals surface area contributed by atoms with Gasteiger partial charge in [0.25, 0.3) is 0 Å². The molecule has 0 saturated heterocycles. The summed E-state index contributed by atoms with van der Waals surface area (Å²) in [5.74, 6) is 0. The third-order valence-corrected chi connectivity index (χ3v) is 9.80. The Hall–Kier alpha value is -6.25. The van der Waals surface area contributed by atoms with Crippen molar-refractivity contribution in [3.05, 3.63) is 170 Å². The van der Waals surface area contributed by atoms with E-state index in [2.05, 4.69) is 150 Å². The van der Waals surface area contributed by atoms with Crippen LogP contribution in [0.4, 0.5) is 0 Å². The van der Waals surface area contributed by atoms with Crippen LogP contribution >= 0.6 is 0 Å². The number of hydrogen-bond acceptors (Lipinski definition) is 1. The largest absolute Gasteiger partial charge is 0.306 e. The predicted octanol–water partition coefficient (Wildman–Crippen LogP) is 12.1. The molecule has 0 aliphatic carbocycles. The summed E-state index contributed by atoms with van der Waals surface area (Å²) >= 11 is 0. The van der Waals surface area contributed by atoms with E-state index in [1.165, 1.54) is 76.1 Å². The fraction of sp³-hybridized carbons (Fsp3) is 0.